The molecule has 0 aliphatic heterocycles. The van der Waals surface area contributed by atoms with E-state index < -0.39 is 23.9 Å². The molecule has 0 saturated carbocycles. The van der Waals surface area contributed by atoms with E-state index in [0.717, 1.165) is 17.5 Å². The summed E-state index contributed by atoms with van der Waals surface area (Å²) in [7, 11) is -8.53. The predicted molar refractivity (Wildman–Crippen MR) is 106 cm³/mol. The second kappa shape index (κ2) is 7.97. The average molecular weight is 478 g/mol. The zero-order chi connectivity index (χ0) is 20.5. The third-order valence-corrected chi connectivity index (χ3v) is 8.44. The summed E-state index contributed by atoms with van der Waals surface area (Å²) < 4.78 is 44.5. The number of nitrogens with zero attached hydrogens (tertiary/aromatic N) is 2. The first-order valence-electron chi connectivity index (χ1n) is 7.35. The molecule has 3 rings (SSSR count). The number of aromatic nitrogens is 1. The predicted octanol–water partition coefficient (Wildman–Crippen LogP) is 3.97. The van der Waals surface area contributed by atoms with Crippen molar-refractivity contribution in [2.75, 3.05) is 6.29 Å². The Balaban J connectivity index is 1.79. The molecule has 2 aromatic heterocycles. The van der Waals surface area contributed by atoms with Gasteiger partial charge in [-0.25, -0.2) is 13.0 Å². The van der Waals surface area contributed by atoms with Gasteiger partial charge >= 0.3 is 7.60 Å². The van der Waals surface area contributed by atoms with Gasteiger partial charge < -0.3 is 9.42 Å². The molecule has 2 heterocycles. The van der Waals surface area contributed by atoms with Crippen LogP contribution in [0.15, 0.2) is 40.9 Å². The summed E-state index contributed by atoms with van der Waals surface area (Å²) in [6.07, 6.45) is 1.49. The summed E-state index contributed by atoms with van der Waals surface area (Å²) >= 11 is 13.0. The van der Waals surface area contributed by atoms with Gasteiger partial charge in [0, 0.05) is 22.7 Å². The van der Waals surface area contributed by atoms with Crippen molar-refractivity contribution >= 4 is 62.2 Å². The highest BCUT2D eigenvalue weighted by Gasteiger charge is 2.27. The Bertz CT molecular complexity index is 1220. The van der Waals surface area contributed by atoms with Crippen LogP contribution in [0.25, 0.3) is 10.1 Å². The number of thiophene rings is 1. The first kappa shape index (κ1) is 21.0. The molecule has 3 aromatic rings. The van der Waals surface area contributed by atoms with Gasteiger partial charge in [-0.3, -0.25) is 4.98 Å². The quantitative estimate of drug-likeness (QED) is 0.513. The van der Waals surface area contributed by atoms with Gasteiger partial charge in [-0.1, -0.05) is 23.2 Å². The van der Waals surface area contributed by atoms with Gasteiger partial charge in [0.2, 0.25) is 0 Å². The van der Waals surface area contributed by atoms with E-state index in [1.165, 1.54) is 18.3 Å². The molecule has 0 spiro atoms. The molecule has 146 valence electrons. The molecule has 1 unspecified atom stereocenters. The molecule has 0 aliphatic carbocycles. The SMILES string of the molecule is N#Cc1cncc(OP(=O)(O)CNS(=O)(=O)c2cc3c(Cl)ccc(Cl)c3s2)c1. The standard InChI is InChI=1S/C15H10Cl2N3O5PS2/c16-12-1-2-13(17)15-11(12)4-14(27-15)28(23,24)20-8-26(21,22)25-10-3-9(5-18)6-19-7-10/h1-4,6-7,20H,8H2,(H,21,22). The van der Waals surface area contributed by atoms with Gasteiger partial charge in [0.1, 0.15) is 22.3 Å². The Kier molecular flexibility index (Phi) is 5.98. The van der Waals surface area contributed by atoms with Crippen molar-refractivity contribution in [3.05, 3.63) is 52.3 Å². The highest BCUT2D eigenvalue weighted by molar-refractivity contribution is 7.92. The molecular weight excluding hydrogens is 468 g/mol. The van der Waals surface area contributed by atoms with Crippen molar-refractivity contribution in [3.8, 4) is 11.8 Å². The zero-order valence-electron chi connectivity index (χ0n) is 13.7. The molecule has 1 aromatic carbocycles. The fourth-order valence-electron chi connectivity index (χ4n) is 2.13. The highest BCUT2D eigenvalue weighted by atomic mass is 35.5. The van der Waals surface area contributed by atoms with Crippen LogP contribution >= 0.6 is 42.1 Å². The van der Waals surface area contributed by atoms with E-state index in [-0.39, 0.29) is 15.5 Å². The van der Waals surface area contributed by atoms with Crippen LogP contribution in [0.1, 0.15) is 5.56 Å². The van der Waals surface area contributed by atoms with Gasteiger partial charge in [0.05, 0.1) is 21.5 Å². The summed E-state index contributed by atoms with van der Waals surface area (Å²) in [5.74, 6) is -0.135. The number of pyridine rings is 1. The van der Waals surface area contributed by atoms with Crippen LogP contribution in [0.4, 0.5) is 0 Å². The number of sulfonamides is 1. The topological polar surface area (TPSA) is 129 Å². The number of hydrogen-bond acceptors (Lipinski definition) is 7. The summed E-state index contributed by atoms with van der Waals surface area (Å²) in [5.41, 5.74) is 0.122. The molecule has 2 N–H and O–H groups in total. The fraction of sp³-hybridized carbons (Fsp3) is 0.0667. The average Bonchev–Trinajstić information content (AvgIpc) is 3.11. The van der Waals surface area contributed by atoms with Crippen molar-refractivity contribution in [1.82, 2.24) is 9.71 Å². The molecule has 0 fully saturated rings. The minimum Gasteiger partial charge on any atom is -0.422 e. The third-order valence-electron chi connectivity index (χ3n) is 3.37. The van der Waals surface area contributed by atoms with Gasteiger partial charge in [0.15, 0.2) is 0 Å². The van der Waals surface area contributed by atoms with E-state index >= 15 is 0 Å². The summed E-state index contributed by atoms with van der Waals surface area (Å²) in [6, 6.07) is 7.44. The van der Waals surface area contributed by atoms with Crippen molar-refractivity contribution in [3.63, 3.8) is 0 Å². The minimum atomic E-state index is -4.40. The fourth-order valence-corrected chi connectivity index (χ4v) is 6.61. The lowest BCUT2D eigenvalue weighted by Crippen LogP contribution is -2.25. The molecule has 28 heavy (non-hydrogen) atoms. The van der Waals surface area contributed by atoms with E-state index in [2.05, 4.69) is 4.98 Å². The molecule has 13 heteroatoms. The molecule has 1 atom stereocenters. The minimum absolute atomic E-state index is 0.120. The van der Waals surface area contributed by atoms with Crippen molar-refractivity contribution in [2.24, 2.45) is 0 Å². The summed E-state index contributed by atoms with van der Waals surface area (Å²) in [4.78, 5) is 13.6. The highest BCUT2D eigenvalue weighted by Crippen LogP contribution is 2.42. The van der Waals surface area contributed by atoms with Crippen molar-refractivity contribution in [2.45, 2.75) is 4.21 Å². The third kappa shape index (κ3) is 4.64. The number of rotatable bonds is 6. The van der Waals surface area contributed by atoms with Gasteiger partial charge in [-0.2, -0.15) is 9.98 Å². The maximum atomic E-state index is 12.5. The van der Waals surface area contributed by atoms with Crippen molar-refractivity contribution < 1.29 is 22.4 Å². The van der Waals surface area contributed by atoms with Crippen molar-refractivity contribution in [1.29, 1.82) is 5.26 Å². The molecular formula is C15H10Cl2N3O5PS2. The zero-order valence-corrected chi connectivity index (χ0v) is 17.7. The van der Waals surface area contributed by atoms with E-state index in [9.17, 15) is 17.9 Å². The maximum absolute atomic E-state index is 12.5. The second-order valence-electron chi connectivity index (χ2n) is 5.39. The maximum Gasteiger partial charge on any atom is 0.391 e. The lowest BCUT2D eigenvalue weighted by molar-refractivity contribution is 0.377. The van der Waals surface area contributed by atoms with Gasteiger partial charge in [0.25, 0.3) is 10.0 Å². The molecule has 0 bridgehead atoms. The Morgan fingerprint density at radius 2 is 2.00 bits per heavy atom. The van der Waals surface area contributed by atoms with E-state index in [1.54, 1.807) is 12.1 Å². The van der Waals surface area contributed by atoms with Crippen LogP contribution in [0.3, 0.4) is 0 Å². The number of halogens is 2. The first-order valence-corrected chi connectivity index (χ1v) is 12.2. The van der Waals surface area contributed by atoms with E-state index in [1.807, 2.05) is 10.8 Å². The van der Waals surface area contributed by atoms with Crippen LogP contribution < -0.4 is 9.25 Å². The summed E-state index contributed by atoms with van der Waals surface area (Å²) in [6.45, 7) is 0. The number of nitriles is 1. The van der Waals surface area contributed by atoms with E-state index in [4.69, 9.17) is 33.0 Å². The number of fused-ring (bicyclic) bond motifs is 1. The van der Waals surface area contributed by atoms with Crippen LogP contribution in [0, 0.1) is 11.3 Å². The number of hydrogen-bond donors (Lipinski definition) is 2. The molecule has 0 amide bonds. The van der Waals surface area contributed by atoms with Crippen LogP contribution in [0.2, 0.25) is 10.0 Å². The Labute approximate surface area is 173 Å². The molecule has 0 radical (unpaired) electrons. The monoisotopic (exact) mass is 477 g/mol. The summed E-state index contributed by atoms with van der Waals surface area (Å²) in [5, 5.41) is 9.94. The lowest BCUT2D eigenvalue weighted by atomic mass is 10.3. The molecule has 0 saturated heterocycles. The molecule has 0 aliphatic rings. The molecule has 8 nitrogen and oxygen atoms in total. The van der Waals surface area contributed by atoms with E-state index in [0.29, 0.717) is 20.1 Å². The largest absolute Gasteiger partial charge is 0.422 e. The van der Waals surface area contributed by atoms with Crippen LogP contribution in [0.5, 0.6) is 5.75 Å². The van der Waals surface area contributed by atoms with Gasteiger partial charge in [-0.05, 0) is 18.2 Å². The Morgan fingerprint density at radius 3 is 2.68 bits per heavy atom. The first-order chi connectivity index (χ1) is 13.1. The smallest absolute Gasteiger partial charge is 0.391 e. The normalized spacial score (nSPS) is 13.8. The Morgan fingerprint density at radius 1 is 1.29 bits per heavy atom. The Hall–Kier alpha value is -1.70. The second-order valence-corrected chi connectivity index (χ2v) is 11.0. The van der Waals surface area contributed by atoms with Gasteiger partial charge in [-0.15, -0.1) is 11.3 Å². The number of benzene rings is 1. The number of nitrogens with one attached hydrogen (secondary N) is 1. The van der Waals surface area contributed by atoms with Crippen LogP contribution in [-0.2, 0) is 14.6 Å². The lowest BCUT2D eigenvalue weighted by Gasteiger charge is -2.13. The van der Waals surface area contributed by atoms with Crippen LogP contribution in [-0.4, -0.2) is 24.6 Å².